The first-order valence-corrected chi connectivity index (χ1v) is 6.93. The fourth-order valence-corrected chi connectivity index (χ4v) is 2.62. The van der Waals surface area contributed by atoms with E-state index in [1.807, 2.05) is 5.38 Å². The fourth-order valence-electron chi connectivity index (χ4n) is 1.78. The van der Waals surface area contributed by atoms with Gasteiger partial charge in [0.2, 0.25) is 5.91 Å². The Morgan fingerprint density at radius 3 is 2.71 bits per heavy atom. The van der Waals surface area contributed by atoms with Crippen LogP contribution in [0.4, 0.5) is 0 Å². The molecule has 3 N–H and O–H groups in total. The van der Waals surface area contributed by atoms with Gasteiger partial charge in [-0.3, -0.25) is 4.79 Å². The van der Waals surface area contributed by atoms with Gasteiger partial charge in [-0.25, -0.2) is 0 Å². The maximum Gasteiger partial charge on any atom is 0.224 e. The topological polar surface area (TPSA) is 55.1 Å². The number of hydrogen-bond acceptors (Lipinski definition) is 3. The van der Waals surface area contributed by atoms with E-state index in [1.165, 1.54) is 10.4 Å². The van der Waals surface area contributed by atoms with Crippen molar-refractivity contribution in [1.82, 2.24) is 5.32 Å². The summed E-state index contributed by atoms with van der Waals surface area (Å²) in [6, 6.07) is 2.07. The van der Waals surface area contributed by atoms with Crippen molar-refractivity contribution in [3.63, 3.8) is 0 Å². The molecule has 4 heteroatoms. The molecule has 1 amide bonds. The Balaban J connectivity index is 2.45. The Morgan fingerprint density at radius 2 is 2.24 bits per heavy atom. The maximum atomic E-state index is 11.9. The molecule has 17 heavy (non-hydrogen) atoms. The lowest BCUT2D eigenvalue weighted by Gasteiger charge is -2.16. The number of carbonyl (C=O) groups excluding carboxylic acids is 1. The summed E-state index contributed by atoms with van der Waals surface area (Å²) in [7, 11) is 0. The lowest BCUT2D eigenvalue weighted by molar-refractivity contribution is -0.125. The van der Waals surface area contributed by atoms with Crippen molar-refractivity contribution in [3.05, 3.63) is 21.9 Å². The monoisotopic (exact) mass is 254 g/mol. The number of hydrogen-bond donors (Lipinski definition) is 2. The van der Waals surface area contributed by atoms with Gasteiger partial charge in [-0.15, -0.1) is 11.3 Å². The van der Waals surface area contributed by atoms with E-state index in [0.29, 0.717) is 19.0 Å². The van der Waals surface area contributed by atoms with Crippen molar-refractivity contribution in [1.29, 1.82) is 0 Å². The summed E-state index contributed by atoms with van der Waals surface area (Å²) in [5, 5.41) is 5.02. The minimum Gasteiger partial charge on any atom is -0.351 e. The maximum absolute atomic E-state index is 11.9. The number of thiophene rings is 1. The fraction of sp³-hybridized carbons (Fsp3) is 0.615. The average molecular weight is 254 g/mol. The Kier molecular flexibility index (Phi) is 5.65. The second kappa shape index (κ2) is 6.77. The molecule has 3 nitrogen and oxygen atoms in total. The third-order valence-corrected chi connectivity index (χ3v) is 3.83. The van der Waals surface area contributed by atoms with Crippen LogP contribution in [0.3, 0.4) is 0 Å². The van der Waals surface area contributed by atoms with Gasteiger partial charge in [-0.2, -0.15) is 0 Å². The molecule has 0 saturated heterocycles. The van der Waals surface area contributed by atoms with Gasteiger partial charge >= 0.3 is 0 Å². The molecule has 0 aromatic carbocycles. The molecule has 1 heterocycles. The molecule has 0 aliphatic rings. The van der Waals surface area contributed by atoms with Crippen LogP contribution >= 0.6 is 11.3 Å². The second-order valence-electron chi connectivity index (χ2n) is 4.81. The summed E-state index contributed by atoms with van der Waals surface area (Å²) in [6.07, 6.45) is 0.853. The molecular formula is C13H22N2OS. The van der Waals surface area contributed by atoms with Gasteiger partial charge in [-0.1, -0.05) is 13.8 Å². The summed E-state index contributed by atoms with van der Waals surface area (Å²) in [6.45, 7) is 7.33. The SMILES string of the molecule is Cc1ccsc1CNC(=O)C(CN)CC(C)C. The van der Waals surface area contributed by atoms with E-state index in [9.17, 15) is 4.79 Å². The molecule has 1 aromatic heterocycles. The number of rotatable bonds is 6. The van der Waals surface area contributed by atoms with Crippen LogP contribution in [-0.2, 0) is 11.3 Å². The first-order valence-electron chi connectivity index (χ1n) is 6.05. The quantitative estimate of drug-likeness (QED) is 0.818. The van der Waals surface area contributed by atoms with Gasteiger partial charge in [0.15, 0.2) is 0 Å². The normalized spacial score (nSPS) is 12.8. The lowest BCUT2D eigenvalue weighted by atomic mass is 9.96. The van der Waals surface area contributed by atoms with Crippen LogP contribution in [0.1, 0.15) is 30.7 Å². The van der Waals surface area contributed by atoms with E-state index in [2.05, 4.69) is 32.2 Å². The summed E-state index contributed by atoms with van der Waals surface area (Å²) < 4.78 is 0. The highest BCUT2D eigenvalue weighted by Crippen LogP contribution is 2.16. The summed E-state index contributed by atoms with van der Waals surface area (Å²) in [5.74, 6) is 0.516. The van der Waals surface area contributed by atoms with Gasteiger partial charge in [-0.05, 0) is 36.3 Å². The van der Waals surface area contributed by atoms with E-state index in [0.717, 1.165) is 6.42 Å². The minimum atomic E-state index is -0.0599. The van der Waals surface area contributed by atoms with Crippen molar-refractivity contribution >= 4 is 17.2 Å². The van der Waals surface area contributed by atoms with Gasteiger partial charge in [0, 0.05) is 11.4 Å². The predicted molar refractivity (Wildman–Crippen MR) is 72.9 cm³/mol. The van der Waals surface area contributed by atoms with Crippen LogP contribution in [0, 0.1) is 18.8 Å². The molecular weight excluding hydrogens is 232 g/mol. The van der Waals surface area contributed by atoms with Crippen LogP contribution in [0.5, 0.6) is 0 Å². The van der Waals surface area contributed by atoms with E-state index in [4.69, 9.17) is 5.73 Å². The van der Waals surface area contributed by atoms with Gasteiger partial charge in [0.25, 0.3) is 0 Å². The molecule has 0 bridgehead atoms. The zero-order valence-electron chi connectivity index (χ0n) is 10.8. The van der Waals surface area contributed by atoms with E-state index in [1.54, 1.807) is 11.3 Å². The number of nitrogens with one attached hydrogen (secondary N) is 1. The number of carbonyl (C=O) groups is 1. The summed E-state index contributed by atoms with van der Waals surface area (Å²) in [4.78, 5) is 13.2. The minimum absolute atomic E-state index is 0.0599. The van der Waals surface area contributed by atoms with Crippen LogP contribution < -0.4 is 11.1 Å². The predicted octanol–water partition coefficient (Wildman–Crippen LogP) is 2.29. The molecule has 0 aliphatic heterocycles. The Labute approximate surface area is 107 Å². The smallest absolute Gasteiger partial charge is 0.224 e. The van der Waals surface area contributed by atoms with Gasteiger partial charge in [0.1, 0.15) is 0 Å². The van der Waals surface area contributed by atoms with Crippen molar-refractivity contribution in [3.8, 4) is 0 Å². The number of aryl methyl sites for hydroxylation is 1. The molecule has 0 saturated carbocycles. The van der Waals surface area contributed by atoms with Crippen LogP contribution in [0.15, 0.2) is 11.4 Å². The highest BCUT2D eigenvalue weighted by molar-refractivity contribution is 7.10. The summed E-state index contributed by atoms with van der Waals surface area (Å²) in [5.41, 5.74) is 6.88. The average Bonchev–Trinajstić information content (AvgIpc) is 2.68. The Morgan fingerprint density at radius 1 is 1.53 bits per heavy atom. The van der Waals surface area contributed by atoms with Gasteiger partial charge < -0.3 is 11.1 Å². The van der Waals surface area contributed by atoms with Crippen molar-refractivity contribution < 1.29 is 4.79 Å². The molecule has 0 radical (unpaired) electrons. The number of nitrogens with two attached hydrogens (primary N) is 1. The van der Waals surface area contributed by atoms with Crippen molar-refractivity contribution in [2.24, 2.45) is 17.6 Å². The van der Waals surface area contributed by atoms with Crippen LogP contribution in [-0.4, -0.2) is 12.5 Å². The standard InChI is InChI=1S/C13H22N2OS/c1-9(2)6-11(7-14)13(16)15-8-12-10(3)4-5-17-12/h4-5,9,11H,6-8,14H2,1-3H3,(H,15,16). The zero-order valence-corrected chi connectivity index (χ0v) is 11.6. The van der Waals surface area contributed by atoms with E-state index in [-0.39, 0.29) is 11.8 Å². The molecule has 0 aliphatic carbocycles. The molecule has 0 fully saturated rings. The second-order valence-corrected chi connectivity index (χ2v) is 5.81. The third-order valence-electron chi connectivity index (χ3n) is 2.80. The molecule has 1 aromatic rings. The molecule has 96 valence electrons. The third kappa shape index (κ3) is 4.48. The molecule has 1 atom stereocenters. The highest BCUT2D eigenvalue weighted by atomic mass is 32.1. The Hall–Kier alpha value is -0.870. The van der Waals surface area contributed by atoms with E-state index < -0.39 is 0 Å². The molecule has 1 unspecified atom stereocenters. The van der Waals surface area contributed by atoms with Crippen LogP contribution in [0.25, 0.3) is 0 Å². The summed E-state index contributed by atoms with van der Waals surface area (Å²) >= 11 is 1.68. The lowest BCUT2D eigenvalue weighted by Crippen LogP contribution is -2.35. The first-order chi connectivity index (χ1) is 8.04. The van der Waals surface area contributed by atoms with Gasteiger partial charge in [0.05, 0.1) is 12.5 Å². The Bertz CT molecular complexity index is 360. The van der Waals surface area contributed by atoms with Crippen LogP contribution in [0.2, 0.25) is 0 Å². The largest absolute Gasteiger partial charge is 0.351 e. The molecule has 1 rings (SSSR count). The van der Waals surface area contributed by atoms with E-state index >= 15 is 0 Å². The highest BCUT2D eigenvalue weighted by Gasteiger charge is 2.17. The zero-order chi connectivity index (χ0) is 12.8. The van der Waals surface area contributed by atoms with Crippen molar-refractivity contribution in [2.75, 3.05) is 6.54 Å². The van der Waals surface area contributed by atoms with Crippen molar-refractivity contribution in [2.45, 2.75) is 33.7 Å². The first kappa shape index (κ1) is 14.2. The molecule has 0 spiro atoms. The number of amides is 1.